The van der Waals surface area contributed by atoms with E-state index in [0.29, 0.717) is 6.42 Å². The fourth-order valence-corrected chi connectivity index (χ4v) is 2.16. The molecule has 0 spiro atoms. The Morgan fingerprint density at radius 2 is 2.00 bits per heavy atom. The van der Waals surface area contributed by atoms with Crippen molar-refractivity contribution in [3.63, 3.8) is 0 Å². The van der Waals surface area contributed by atoms with Crippen LogP contribution in [0.3, 0.4) is 0 Å². The largest absolute Gasteiger partial charge is 0.480 e. The van der Waals surface area contributed by atoms with Gasteiger partial charge in [0.2, 0.25) is 5.91 Å². The van der Waals surface area contributed by atoms with Gasteiger partial charge in [-0.25, -0.2) is 14.5 Å². The lowest BCUT2D eigenvalue weighted by atomic mass is 10.2. The van der Waals surface area contributed by atoms with Gasteiger partial charge < -0.3 is 9.84 Å². The molecule has 2 fully saturated rings. The van der Waals surface area contributed by atoms with Gasteiger partial charge in [0.15, 0.2) is 0 Å². The van der Waals surface area contributed by atoms with Crippen LogP contribution in [0.25, 0.3) is 0 Å². The van der Waals surface area contributed by atoms with Crippen LogP contribution in [0.2, 0.25) is 0 Å². The Morgan fingerprint density at radius 1 is 1.41 bits per heavy atom. The Kier molecular flexibility index (Phi) is 2.41. The Bertz CT molecular complexity index is 397. The first-order valence-corrected chi connectivity index (χ1v) is 5.51. The molecular weight excluding hydrogens is 226 g/mol. The van der Waals surface area contributed by atoms with Crippen LogP contribution in [0.15, 0.2) is 0 Å². The molecule has 1 aliphatic heterocycles. The Hall–Kier alpha value is -1.59. The molecule has 0 bridgehead atoms. The van der Waals surface area contributed by atoms with Crippen LogP contribution in [0.4, 0.5) is 4.79 Å². The first kappa shape index (κ1) is 11.9. The van der Waals surface area contributed by atoms with Crippen molar-refractivity contribution >= 4 is 18.0 Å². The van der Waals surface area contributed by atoms with Gasteiger partial charge in [-0.1, -0.05) is 0 Å². The second kappa shape index (κ2) is 3.45. The quantitative estimate of drug-likeness (QED) is 0.735. The molecule has 1 heterocycles. The van der Waals surface area contributed by atoms with Crippen LogP contribution < -0.4 is 0 Å². The van der Waals surface area contributed by atoms with E-state index in [-0.39, 0.29) is 11.8 Å². The highest BCUT2D eigenvalue weighted by Crippen LogP contribution is 2.50. The van der Waals surface area contributed by atoms with Crippen LogP contribution in [0.1, 0.15) is 27.2 Å². The minimum atomic E-state index is -1.14. The summed E-state index contributed by atoms with van der Waals surface area (Å²) >= 11 is 0. The maximum atomic E-state index is 11.8. The molecule has 0 aromatic carbocycles. The molecule has 0 aromatic rings. The van der Waals surface area contributed by atoms with E-state index in [1.165, 1.54) is 0 Å². The predicted octanol–water partition coefficient (Wildman–Crippen LogP) is 0.853. The SMILES string of the molecule is CC(C)(C)OC(=O)N1C(=O)[C@H]2C[C@H]2[C@H]1C(=O)O. The maximum absolute atomic E-state index is 11.8. The van der Waals surface area contributed by atoms with Crippen molar-refractivity contribution in [3.8, 4) is 0 Å². The van der Waals surface area contributed by atoms with Gasteiger partial charge in [0.25, 0.3) is 0 Å². The van der Waals surface area contributed by atoms with Gasteiger partial charge in [-0.2, -0.15) is 0 Å². The van der Waals surface area contributed by atoms with Crippen molar-refractivity contribution in [1.82, 2.24) is 4.90 Å². The highest BCUT2D eigenvalue weighted by molar-refractivity contribution is 6.02. The molecular formula is C11H15NO5. The van der Waals surface area contributed by atoms with Gasteiger partial charge >= 0.3 is 12.1 Å². The standard InChI is InChI=1S/C11H15NO5/c1-11(2,3)17-10(16)12-7(9(14)15)5-4-6(5)8(12)13/h5-7H,4H2,1-3H3,(H,14,15)/t5-,6+,7+/m1/s1. The minimum Gasteiger partial charge on any atom is -0.480 e. The average molecular weight is 241 g/mol. The van der Waals surface area contributed by atoms with Crippen LogP contribution in [0.5, 0.6) is 0 Å². The van der Waals surface area contributed by atoms with Crippen molar-refractivity contribution in [2.75, 3.05) is 0 Å². The number of likely N-dealkylation sites (tertiary alicyclic amines) is 1. The third kappa shape index (κ3) is 1.99. The van der Waals surface area contributed by atoms with Gasteiger partial charge in [0.05, 0.1) is 0 Å². The zero-order valence-electron chi connectivity index (χ0n) is 9.97. The molecule has 1 saturated carbocycles. The van der Waals surface area contributed by atoms with Crippen molar-refractivity contribution in [2.45, 2.75) is 38.8 Å². The van der Waals surface area contributed by atoms with Crippen molar-refractivity contribution < 1.29 is 24.2 Å². The summed E-state index contributed by atoms with van der Waals surface area (Å²) in [7, 11) is 0. The molecule has 6 heteroatoms. The molecule has 6 nitrogen and oxygen atoms in total. The number of nitrogens with zero attached hydrogens (tertiary/aromatic N) is 1. The molecule has 94 valence electrons. The van der Waals surface area contributed by atoms with Gasteiger partial charge in [0, 0.05) is 11.8 Å². The van der Waals surface area contributed by atoms with Crippen LogP contribution in [-0.4, -0.2) is 39.6 Å². The summed E-state index contributed by atoms with van der Waals surface area (Å²) in [6, 6.07) is -1.05. The highest BCUT2D eigenvalue weighted by atomic mass is 16.6. The van der Waals surface area contributed by atoms with Crippen LogP contribution in [-0.2, 0) is 14.3 Å². The van der Waals surface area contributed by atoms with E-state index < -0.39 is 29.6 Å². The fourth-order valence-electron chi connectivity index (χ4n) is 2.16. The number of carbonyl (C=O) groups is 3. The summed E-state index contributed by atoms with van der Waals surface area (Å²) in [6.07, 6.45) is -0.295. The Labute approximate surface area is 98.5 Å². The van der Waals surface area contributed by atoms with Gasteiger partial charge in [-0.15, -0.1) is 0 Å². The summed E-state index contributed by atoms with van der Waals surface area (Å²) in [5.41, 5.74) is -0.743. The topological polar surface area (TPSA) is 83.9 Å². The summed E-state index contributed by atoms with van der Waals surface area (Å²) < 4.78 is 5.04. The lowest BCUT2D eigenvalue weighted by molar-refractivity contribution is -0.147. The summed E-state index contributed by atoms with van der Waals surface area (Å²) in [5, 5.41) is 9.04. The summed E-state index contributed by atoms with van der Waals surface area (Å²) in [4.78, 5) is 35.3. The molecule has 1 N–H and O–H groups in total. The smallest absolute Gasteiger partial charge is 0.417 e. The van der Waals surface area contributed by atoms with E-state index in [0.717, 1.165) is 4.90 Å². The number of imide groups is 1. The maximum Gasteiger partial charge on any atom is 0.417 e. The lowest BCUT2D eigenvalue weighted by Crippen LogP contribution is -2.47. The Balaban J connectivity index is 2.16. The third-order valence-electron chi connectivity index (χ3n) is 2.92. The van der Waals surface area contributed by atoms with E-state index in [9.17, 15) is 14.4 Å². The van der Waals surface area contributed by atoms with Gasteiger partial charge in [-0.3, -0.25) is 4.79 Å². The normalized spacial score (nSPS) is 31.1. The number of hydrogen-bond acceptors (Lipinski definition) is 4. The molecule has 2 amide bonds. The number of carboxylic acid groups (broad SMARTS) is 1. The monoisotopic (exact) mass is 241 g/mol. The number of rotatable bonds is 1. The lowest BCUT2D eigenvalue weighted by Gasteiger charge is -2.27. The fraction of sp³-hybridized carbons (Fsp3) is 0.727. The average Bonchev–Trinajstić information content (AvgIpc) is 2.83. The second-order valence-corrected chi connectivity index (χ2v) is 5.48. The number of ether oxygens (including phenoxy) is 1. The van der Waals surface area contributed by atoms with Crippen molar-refractivity contribution in [3.05, 3.63) is 0 Å². The molecule has 1 aliphatic carbocycles. The second-order valence-electron chi connectivity index (χ2n) is 5.48. The molecule has 2 aliphatic rings. The summed E-state index contributed by atoms with van der Waals surface area (Å²) in [5.74, 6) is -2.10. The molecule has 0 unspecified atom stereocenters. The number of aliphatic carboxylic acids is 1. The van der Waals surface area contributed by atoms with Crippen LogP contribution in [0, 0.1) is 11.8 Å². The van der Waals surface area contributed by atoms with Crippen LogP contribution >= 0.6 is 0 Å². The molecule has 1 saturated heterocycles. The first-order chi connectivity index (χ1) is 7.72. The molecule has 0 radical (unpaired) electrons. The summed E-state index contributed by atoms with van der Waals surface area (Å²) in [6.45, 7) is 5.01. The molecule has 0 aromatic heterocycles. The van der Waals surface area contributed by atoms with E-state index in [1.807, 2.05) is 0 Å². The van der Waals surface area contributed by atoms with E-state index in [1.54, 1.807) is 20.8 Å². The number of piperidine rings is 1. The van der Waals surface area contributed by atoms with E-state index in [2.05, 4.69) is 0 Å². The van der Waals surface area contributed by atoms with E-state index >= 15 is 0 Å². The zero-order valence-corrected chi connectivity index (χ0v) is 9.97. The van der Waals surface area contributed by atoms with Gasteiger partial charge in [-0.05, 0) is 27.2 Å². The number of amides is 2. The highest BCUT2D eigenvalue weighted by Gasteiger charge is 2.63. The molecule has 17 heavy (non-hydrogen) atoms. The number of hydrogen-bond donors (Lipinski definition) is 1. The first-order valence-electron chi connectivity index (χ1n) is 5.51. The van der Waals surface area contributed by atoms with Gasteiger partial charge in [0.1, 0.15) is 11.6 Å². The zero-order chi connectivity index (χ0) is 13.0. The number of carboxylic acids is 1. The van der Waals surface area contributed by atoms with E-state index in [4.69, 9.17) is 9.84 Å². The molecule has 2 rings (SSSR count). The minimum absolute atomic E-state index is 0.229. The third-order valence-corrected chi connectivity index (χ3v) is 2.92. The Morgan fingerprint density at radius 3 is 2.47 bits per heavy atom. The van der Waals surface area contributed by atoms with Crippen molar-refractivity contribution in [2.24, 2.45) is 11.8 Å². The number of carbonyl (C=O) groups excluding carboxylic acids is 2. The predicted molar refractivity (Wildman–Crippen MR) is 56.1 cm³/mol. The molecule has 3 atom stereocenters. The number of fused-ring (bicyclic) bond motifs is 1. The van der Waals surface area contributed by atoms with Crippen molar-refractivity contribution in [1.29, 1.82) is 0 Å².